The molecule has 2 aromatic carbocycles. The highest BCUT2D eigenvalue weighted by molar-refractivity contribution is 6.73. The van der Waals surface area contributed by atoms with Crippen LogP contribution in [0.25, 0.3) is 32.9 Å². The Morgan fingerprint density at radius 1 is 1.06 bits per heavy atom. The number of nitrogens with zero attached hydrogens (tertiary/aromatic N) is 6. The van der Waals surface area contributed by atoms with Crippen molar-refractivity contribution in [3.8, 4) is 23.0 Å². The predicted octanol–water partition coefficient (Wildman–Crippen LogP) is 7.75. The molecule has 2 bridgehead atoms. The number of rotatable bonds is 10. The van der Waals surface area contributed by atoms with Crippen molar-refractivity contribution < 1.29 is 28.2 Å². The van der Waals surface area contributed by atoms with Crippen molar-refractivity contribution in [3.63, 3.8) is 0 Å². The first-order valence-electron chi connectivity index (χ1n) is 19.2. The average molecular weight is 745 g/mol. The van der Waals surface area contributed by atoms with Gasteiger partial charge in [-0.05, 0) is 94.7 Å². The van der Waals surface area contributed by atoms with Gasteiger partial charge in [-0.25, -0.2) is 9.18 Å². The Balaban J connectivity index is 1.31. The molecule has 1 N–H and O–H groups in total. The Morgan fingerprint density at radius 2 is 1.81 bits per heavy atom. The maximum Gasteiger partial charge on any atom is 0.411 e. The molecule has 11 nitrogen and oxygen atoms in total. The molecule has 5 heterocycles. The third-order valence-corrected chi connectivity index (χ3v) is 16.3. The molecule has 4 atom stereocenters. The quantitative estimate of drug-likeness (QED) is 0.162. The number of hydrogen-bond acceptors (Lipinski definition) is 10. The summed E-state index contributed by atoms with van der Waals surface area (Å²) < 4.78 is 36.3. The lowest BCUT2D eigenvalue weighted by Crippen LogP contribution is -2.59. The van der Waals surface area contributed by atoms with Crippen LogP contribution in [0.2, 0.25) is 18.1 Å². The summed E-state index contributed by atoms with van der Waals surface area (Å²) in [5.41, 5.74) is -0.0109. The van der Waals surface area contributed by atoms with Crippen molar-refractivity contribution >= 4 is 41.9 Å². The summed E-state index contributed by atoms with van der Waals surface area (Å²) in [7, 11) is 0.0488. The number of anilines is 1. The van der Waals surface area contributed by atoms with Gasteiger partial charge in [0.1, 0.15) is 35.0 Å². The molecular formula is C40H53FN6O5Si. The number of likely N-dealkylation sites (N-methyl/N-ethyl adjacent to an activating group) is 1. The molecule has 7 rings (SSSR count). The molecule has 4 unspecified atom stereocenters. The van der Waals surface area contributed by atoms with Gasteiger partial charge in [0.2, 0.25) is 0 Å². The molecule has 3 saturated heterocycles. The second-order valence-electron chi connectivity index (χ2n) is 16.0. The zero-order valence-corrected chi connectivity index (χ0v) is 33.1. The highest BCUT2D eigenvalue weighted by atomic mass is 28.4. The topological polar surface area (TPSA) is 113 Å². The molecule has 2 aromatic heterocycles. The maximum absolute atomic E-state index is 17.0. The van der Waals surface area contributed by atoms with Crippen molar-refractivity contribution in [2.75, 3.05) is 38.2 Å². The summed E-state index contributed by atoms with van der Waals surface area (Å²) in [6.07, 6.45) is 3.88. The molecule has 0 aliphatic carbocycles. The normalized spacial score (nSPS) is 22.3. The van der Waals surface area contributed by atoms with Crippen LogP contribution in [0, 0.1) is 5.82 Å². The molecule has 3 fully saturated rings. The summed E-state index contributed by atoms with van der Waals surface area (Å²) in [4.78, 5) is 34.3. The van der Waals surface area contributed by atoms with Gasteiger partial charge < -0.3 is 28.8 Å². The number of fused-ring (bicyclic) bond motifs is 4. The van der Waals surface area contributed by atoms with Crippen LogP contribution in [0.3, 0.4) is 0 Å². The van der Waals surface area contributed by atoms with Gasteiger partial charge in [-0.3, -0.25) is 9.88 Å². The Hall–Kier alpha value is -4.07. The third kappa shape index (κ3) is 7.27. The SMILES string of the molecule is CC[Si](CC)(CC)OC1CC2CN(c3nc(OCC4CCCN4C)nc4c(F)c(-c5cc(O)cc6ccccc56)ncc34)CC1N2C(=O)OC(C)(C)C. The van der Waals surface area contributed by atoms with Gasteiger partial charge in [0.15, 0.2) is 14.1 Å². The number of halogens is 1. The number of hydrogen-bond donors (Lipinski definition) is 1. The van der Waals surface area contributed by atoms with E-state index in [2.05, 4.69) is 47.6 Å². The largest absolute Gasteiger partial charge is 0.508 e. The lowest BCUT2D eigenvalue weighted by molar-refractivity contribution is 0.00686. The second kappa shape index (κ2) is 14.6. The molecule has 0 saturated carbocycles. The number of carbonyl (C=O) groups is 1. The van der Waals surface area contributed by atoms with E-state index in [0.717, 1.165) is 48.3 Å². The molecule has 3 aliphatic rings. The lowest BCUT2D eigenvalue weighted by atomic mass is 10.00. The second-order valence-corrected chi connectivity index (χ2v) is 20.7. The highest BCUT2D eigenvalue weighted by Crippen LogP contribution is 2.41. The van der Waals surface area contributed by atoms with Crippen LogP contribution in [0.1, 0.15) is 60.8 Å². The van der Waals surface area contributed by atoms with Crippen LogP contribution >= 0.6 is 0 Å². The minimum absolute atomic E-state index is 0.0180. The zero-order valence-electron chi connectivity index (χ0n) is 32.1. The number of phenolic OH excluding ortho intramolecular Hbond substituents is 1. The Labute approximate surface area is 312 Å². The standard InChI is InChI=1S/C40H53FN6O5Si/c1-8-53(9-2,10-3)52-33-19-27-22-46(23-32(33)47(27)39(49)51-40(4,5)6)37-31-21-42-35(30-20-28(48)18-25-14-11-12-16-29(25)30)34(41)36(31)43-38(44-37)50-24-26-15-13-17-45(26)7/h11-12,14,16,18,20-21,26-27,32-33,48H,8-10,13,15,17,19,22-24H2,1-7H3. The molecular weight excluding hydrogens is 692 g/mol. The summed E-state index contributed by atoms with van der Waals surface area (Å²) in [5, 5.41) is 12.6. The minimum Gasteiger partial charge on any atom is -0.508 e. The number of ether oxygens (including phenoxy) is 2. The number of aromatic hydroxyl groups is 1. The van der Waals surface area contributed by atoms with Gasteiger partial charge in [0, 0.05) is 30.9 Å². The van der Waals surface area contributed by atoms with Crippen molar-refractivity contribution in [1.29, 1.82) is 0 Å². The van der Waals surface area contributed by atoms with Crippen molar-refractivity contribution in [2.24, 2.45) is 0 Å². The Kier molecular flexibility index (Phi) is 10.3. The van der Waals surface area contributed by atoms with Gasteiger partial charge in [0.25, 0.3) is 0 Å². The lowest BCUT2D eigenvalue weighted by Gasteiger charge is -2.43. The number of carbonyl (C=O) groups excluding carboxylic acids is 1. The third-order valence-electron chi connectivity index (χ3n) is 11.6. The minimum atomic E-state index is -2.03. The first-order chi connectivity index (χ1) is 25.3. The number of benzene rings is 2. The van der Waals surface area contributed by atoms with E-state index in [1.54, 1.807) is 12.3 Å². The monoisotopic (exact) mass is 744 g/mol. The molecule has 53 heavy (non-hydrogen) atoms. The molecule has 0 radical (unpaired) electrons. The number of phenols is 1. The number of piperazine rings is 1. The van der Waals surface area contributed by atoms with E-state index in [1.807, 2.05) is 49.9 Å². The van der Waals surface area contributed by atoms with Gasteiger partial charge in [-0.1, -0.05) is 45.0 Å². The molecule has 4 aromatic rings. The number of amides is 1. The van der Waals surface area contributed by atoms with E-state index in [-0.39, 0.29) is 53.3 Å². The molecule has 284 valence electrons. The van der Waals surface area contributed by atoms with E-state index in [1.165, 1.54) is 6.07 Å². The number of pyridine rings is 1. The fraction of sp³-hybridized carbons (Fsp3) is 0.550. The van der Waals surface area contributed by atoms with Gasteiger partial charge >= 0.3 is 12.1 Å². The van der Waals surface area contributed by atoms with E-state index in [0.29, 0.717) is 42.9 Å². The fourth-order valence-electron chi connectivity index (χ4n) is 8.50. The van der Waals surface area contributed by atoms with Crippen LogP contribution in [0.5, 0.6) is 11.8 Å². The Bertz CT molecular complexity index is 1980. The molecule has 3 aliphatic heterocycles. The Morgan fingerprint density at radius 3 is 2.51 bits per heavy atom. The summed E-state index contributed by atoms with van der Waals surface area (Å²) in [5.74, 6) is -0.0941. The molecule has 13 heteroatoms. The first-order valence-corrected chi connectivity index (χ1v) is 21.7. The average Bonchev–Trinajstić information content (AvgIpc) is 3.64. The predicted molar refractivity (Wildman–Crippen MR) is 208 cm³/mol. The van der Waals surface area contributed by atoms with Crippen LogP contribution in [0.4, 0.5) is 15.0 Å². The van der Waals surface area contributed by atoms with Crippen molar-refractivity contribution in [2.45, 2.75) is 109 Å². The highest BCUT2D eigenvalue weighted by Gasteiger charge is 2.52. The number of aromatic nitrogens is 3. The molecule has 0 spiro atoms. The summed E-state index contributed by atoms with van der Waals surface area (Å²) in [6.45, 7) is 14.5. The van der Waals surface area contributed by atoms with Gasteiger partial charge in [-0.2, -0.15) is 9.97 Å². The maximum atomic E-state index is 17.0. The zero-order chi connectivity index (χ0) is 37.7. The van der Waals surface area contributed by atoms with E-state index < -0.39 is 19.7 Å². The fourth-order valence-corrected chi connectivity index (χ4v) is 11.4. The van der Waals surface area contributed by atoms with Crippen LogP contribution in [-0.4, -0.2) is 107 Å². The van der Waals surface area contributed by atoms with Crippen LogP contribution < -0.4 is 9.64 Å². The first kappa shape index (κ1) is 37.3. The number of likely N-dealkylation sites (tertiary alicyclic amines) is 1. The van der Waals surface area contributed by atoms with Crippen molar-refractivity contribution in [1.82, 2.24) is 24.8 Å². The smallest absolute Gasteiger partial charge is 0.411 e. The van der Waals surface area contributed by atoms with E-state index in [4.69, 9.17) is 18.9 Å². The summed E-state index contributed by atoms with van der Waals surface area (Å²) >= 11 is 0. The van der Waals surface area contributed by atoms with Crippen molar-refractivity contribution in [3.05, 3.63) is 48.4 Å². The van der Waals surface area contributed by atoms with Gasteiger partial charge in [0.05, 0.1) is 23.6 Å². The van der Waals surface area contributed by atoms with E-state index >= 15 is 4.39 Å². The van der Waals surface area contributed by atoms with Crippen LogP contribution in [-0.2, 0) is 9.16 Å². The van der Waals surface area contributed by atoms with Crippen LogP contribution in [0.15, 0.2) is 42.6 Å². The van der Waals surface area contributed by atoms with Gasteiger partial charge in [-0.15, -0.1) is 0 Å². The molecule has 1 amide bonds. The van der Waals surface area contributed by atoms with E-state index in [9.17, 15) is 9.90 Å². The summed E-state index contributed by atoms with van der Waals surface area (Å²) in [6, 6.07) is 13.5.